The van der Waals surface area contributed by atoms with E-state index in [4.69, 9.17) is 4.74 Å². The van der Waals surface area contributed by atoms with Crippen molar-refractivity contribution in [1.29, 1.82) is 0 Å². The summed E-state index contributed by atoms with van der Waals surface area (Å²) in [6.45, 7) is 10.5. The Morgan fingerprint density at radius 3 is 2.25 bits per heavy atom. The fraction of sp³-hybridized carbons (Fsp3) is 0.667. The third kappa shape index (κ3) is 4.24. The van der Waals surface area contributed by atoms with Gasteiger partial charge >= 0.3 is 0 Å². The van der Waals surface area contributed by atoms with Crippen molar-refractivity contribution in [3.63, 3.8) is 0 Å². The van der Waals surface area contributed by atoms with Gasteiger partial charge in [-0.3, -0.25) is 0 Å². The van der Waals surface area contributed by atoms with Gasteiger partial charge in [-0.1, -0.05) is 24.6 Å². The molecule has 1 saturated carbocycles. The summed E-state index contributed by atoms with van der Waals surface area (Å²) in [6.07, 6.45) is 5.39. The number of hydrogen-bond donors (Lipinski definition) is 1. The number of nitrogens with one attached hydrogen (secondary N) is 1. The lowest BCUT2D eigenvalue weighted by Gasteiger charge is -2.27. The number of benzene rings is 1. The Balaban J connectivity index is 1.74. The van der Waals surface area contributed by atoms with Crippen molar-refractivity contribution in [3.8, 4) is 5.75 Å². The summed E-state index contributed by atoms with van der Waals surface area (Å²) >= 11 is 0. The summed E-state index contributed by atoms with van der Waals surface area (Å²) in [5.74, 6) is 1.98. The van der Waals surface area contributed by atoms with Crippen molar-refractivity contribution in [3.05, 3.63) is 28.8 Å². The Morgan fingerprint density at radius 1 is 1.05 bits per heavy atom. The highest BCUT2D eigenvalue weighted by Gasteiger charge is 2.17. The molecule has 112 valence electrons. The number of hydrogen-bond acceptors (Lipinski definition) is 2. The third-order valence-electron chi connectivity index (χ3n) is 4.40. The van der Waals surface area contributed by atoms with E-state index in [9.17, 15) is 0 Å². The zero-order chi connectivity index (χ0) is 14.5. The second-order valence-electron chi connectivity index (χ2n) is 6.49. The molecule has 0 amide bonds. The normalized spacial score (nSPS) is 22.8. The Labute approximate surface area is 123 Å². The average molecular weight is 275 g/mol. The summed E-state index contributed by atoms with van der Waals surface area (Å²) < 4.78 is 5.97. The molecule has 1 aromatic carbocycles. The first-order valence-corrected chi connectivity index (χ1v) is 8.00. The molecule has 2 rings (SSSR count). The highest BCUT2D eigenvalue weighted by atomic mass is 16.5. The molecule has 0 atom stereocenters. The maximum atomic E-state index is 5.97. The molecule has 1 aromatic rings. The zero-order valence-electron chi connectivity index (χ0n) is 13.5. The van der Waals surface area contributed by atoms with E-state index in [1.165, 1.54) is 42.4 Å². The van der Waals surface area contributed by atoms with Gasteiger partial charge in [-0.25, -0.2) is 0 Å². The second kappa shape index (κ2) is 7.12. The van der Waals surface area contributed by atoms with E-state index in [1.54, 1.807) is 0 Å². The molecule has 0 unspecified atom stereocenters. The van der Waals surface area contributed by atoms with Crippen LogP contribution in [0.1, 0.15) is 49.3 Å². The largest absolute Gasteiger partial charge is 0.492 e. The lowest BCUT2D eigenvalue weighted by Crippen LogP contribution is -2.35. The molecular weight excluding hydrogens is 246 g/mol. The van der Waals surface area contributed by atoms with Gasteiger partial charge in [0.15, 0.2) is 0 Å². The molecule has 0 aromatic heterocycles. The van der Waals surface area contributed by atoms with E-state index in [0.717, 1.165) is 24.8 Å². The Bertz CT molecular complexity index is 410. The molecule has 0 heterocycles. The number of aryl methyl sites for hydroxylation is 3. The van der Waals surface area contributed by atoms with Crippen LogP contribution < -0.4 is 10.1 Å². The van der Waals surface area contributed by atoms with Gasteiger partial charge in [0, 0.05) is 12.6 Å². The van der Waals surface area contributed by atoms with Crippen LogP contribution >= 0.6 is 0 Å². The fourth-order valence-corrected chi connectivity index (χ4v) is 3.27. The molecule has 2 heteroatoms. The summed E-state index contributed by atoms with van der Waals surface area (Å²) in [4.78, 5) is 0. The number of ether oxygens (including phenoxy) is 1. The van der Waals surface area contributed by atoms with Gasteiger partial charge in [0.25, 0.3) is 0 Å². The summed E-state index contributed by atoms with van der Waals surface area (Å²) in [6, 6.07) is 5.09. The summed E-state index contributed by atoms with van der Waals surface area (Å²) in [7, 11) is 0. The molecule has 0 saturated heterocycles. The minimum Gasteiger partial charge on any atom is -0.492 e. The molecule has 2 nitrogen and oxygen atoms in total. The van der Waals surface area contributed by atoms with Crippen molar-refractivity contribution < 1.29 is 4.74 Å². The molecule has 1 aliphatic carbocycles. The van der Waals surface area contributed by atoms with E-state index < -0.39 is 0 Å². The Kier molecular flexibility index (Phi) is 5.47. The Morgan fingerprint density at radius 2 is 1.65 bits per heavy atom. The zero-order valence-corrected chi connectivity index (χ0v) is 13.5. The van der Waals surface area contributed by atoms with Crippen LogP contribution in [0, 0.1) is 26.7 Å². The van der Waals surface area contributed by atoms with Gasteiger partial charge in [-0.2, -0.15) is 0 Å². The quantitative estimate of drug-likeness (QED) is 0.815. The first-order chi connectivity index (χ1) is 9.56. The molecule has 1 aliphatic rings. The van der Waals surface area contributed by atoms with Crippen LogP contribution in [0.4, 0.5) is 0 Å². The topological polar surface area (TPSA) is 21.3 Å². The molecule has 0 radical (unpaired) electrons. The summed E-state index contributed by atoms with van der Waals surface area (Å²) in [5, 5.41) is 3.64. The standard InChI is InChI=1S/C18H29NO/c1-13-5-7-17(8-6-13)19-9-10-20-18-15(3)11-14(2)12-16(18)4/h11-13,17,19H,5-10H2,1-4H3. The van der Waals surface area contributed by atoms with Crippen molar-refractivity contribution in [2.75, 3.05) is 13.2 Å². The molecule has 0 spiro atoms. The highest BCUT2D eigenvalue weighted by molar-refractivity contribution is 5.42. The van der Waals surface area contributed by atoms with Crippen molar-refractivity contribution in [2.45, 2.75) is 59.4 Å². The lowest BCUT2D eigenvalue weighted by atomic mass is 9.87. The SMILES string of the molecule is Cc1cc(C)c(OCCNC2CCC(C)CC2)c(C)c1. The molecule has 1 N–H and O–H groups in total. The summed E-state index contributed by atoms with van der Waals surface area (Å²) in [5.41, 5.74) is 3.80. The second-order valence-corrected chi connectivity index (χ2v) is 6.49. The van der Waals surface area contributed by atoms with Crippen molar-refractivity contribution >= 4 is 0 Å². The first-order valence-electron chi connectivity index (χ1n) is 8.00. The predicted octanol–water partition coefficient (Wildman–Crippen LogP) is 4.16. The van der Waals surface area contributed by atoms with Gasteiger partial charge in [0.2, 0.25) is 0 Å². The van der Waals surface area contributed by atoms with Crippen LogP contribution in [0.2, 0.25) is 0 Å². The van der Waals surface area contributed by atoms with Crippen LogP contribution in [0.3, 0.4) is 0 Å². The molecule has 1 fully saturated rings. The first kappa shape index (κ1) is 15.4. The lowest BCUT2D eigenvalue weighted by molar-refractivity contribution is 0.269. The van der Waals surface area contributed by atoms with Crippen LogP contribution in [0.15, 0.2) is 12.1 Å². The van der Waals surface area contributed by atoms with E-state index in [2.05, 4.69) is 45.1 Å². The fourth-order valence-electron chi connectivity index (χ4n) is 3.27. The monoisotopic (exact) mass is 275 g/mol. The van der Waals surface area contributed by atoms with Gasteiger partial charge in [-0.05, 0) is 63.5 Å². The molecule has 0 bridgehead atoms. The maximum absolute atomic E-state index is 5.97. The third-order valence-corrected chi connectivity index (χ3v) is 4.40. The van der Waals surface area contributed by atoms with E-state index in [-0.39, 0.29) is 0 Å². The van der Waals surface area contributed by atoms with Crippen LogP contribution in [0.25, 0.3) is 0 Å². The smallest absolute Gasteiger partial charge is 0.125 e. The van der Waals surface area contributed by atoms with Crippen LogP contribution in [0.5, 0.6) is 5.75 Å². The van der Waals surface area contributed by atoms with Crippen molar-refractivity contribution in [2.24, 2.45) is 5.92 Å². The van der Waals surface area contributed by atoms with E-state index in [0.29, 0.717) is 6.04 Å². The van der Waals surface area contributed by atoms with Gasteiger partial charge in [0.05, 0.1) is 0 Å². The molecular formula is C18H29NO. The minimum atomic E-state index is 0.704. The van der Waals surface area contributed by atoms with Crippen LogP contribution in [-0.2, 0) is 0 Å². The highest BCUT2D eigenvalue weighted by Crippen LogP contribution is 2.25. The van der Waals surface area contributed by atoms with Gasteiger partial charge in [0.1, 0.15) is 12.4 Å². The predicted molar refractivity (Wildman–Crippen MR) is 85.6 cm³/mol. The maximum Gasteiger partial charge on any atom is 0.125 e. The Hall–Kier alpha value is -1.02. The minimum absolute atomic E-state index is 0.704. The van der Waals surface area contributed by atoms with E-state index >= 15 is 0 Å². The van der Waals surface area contributed by atoms with Gasteiger partial charge < -0.3 is 10.1 Å². The molecule has 0 aliphatic heterocycles. The van der Waals surface area contributed by atoms with Gasteiger partial charge in [-0.15, -0.1) is 0 Å². The van der Waals surface area contributed by atoms with Crippen LogP contribution in [-0.4, -0.2) is 19.2 Å². The molecule has 20 heavy (non-hydrogen) atoms. The number of rotatable bonds is 5. The van der Waals surface area contributed by atoms with E-state index in [1.807, 2.05) is 0 Å². The average Bonchev–Trinajstić information content (AvgIpc) is 2.39. The van der Waals surface area contributed by atoms with Crippen molar-refractivity contribution in [1.82, 2.24) is 5.32 Å².